The van der Waals surface area contributed by atoms with Crippen LogP contribution >= 0.6 is 0 Å². The molecule has 3 aromatic heterocycles. The Hall–Kier alpha value is -3.19. The van der Waals surface area contributed by atoms with E-state index in [9.17, 15) is 9.90 Å². The lowest BCUT2D eigenvalue weighted by Crippen LogP contribution is -2.39. The summed E-state index contributed by atoms with van der Waals surface area (Å²) in [6.45, 7) is 6.85. The molecule has 1 unspecified atom stereocenters. The molecule has 7 nitrogen and oxygen atoms in total. The first kappa shape index (κ1) is 20.7. The number of H-pyrrole nitrogens is 1. The summed E-state index contributed by atoms with van der Waals surface area (Å²) in [4.78, 5) is 26.7. The van der Waals surface area contributed by atoms with E-state index in [1.165, 1.54) is 0 Å². The average molecular weight is 432 g/mol. The first-order valence-electron chi connectivity index (χ1n) is 11.2. The van der Waals surface area contributed by atoms with Crippen LogP contribution in [-0.2, 0) is 16.8 Å². The van der Waals surface area contributed by atoms with Gasteiger partial charge in [0.15, 0.2) is 5.65 Å². The number of hydrogen-bond donors (Lipinski definition) is 2. The molecule has 1 amide bonds. The molecule has 1 aliphatic heterocycles. The molecule has 1 atom stereocenters. The summed E-state index contributed by atoms with van der Waals surface area (Å²) in [5, 5.41) is 10.3. The summed E-state index contributed by atoms with van der Waals surface area (Å²) < 4.78 is 2.20. The Morgan fingerprint density at radius 3 is 2.72 bits per heavy atom. The van der Waals surface area contributed by atoms with Crippen LogP contribution in [-0.4, -0.2) is 48.4 Å². The fourth-order valence-electron chi connectivity index (χ4n) is 4.79. The maximum Gasteiger partial charge on any atom is 0.219 e. The summed E-state index contributed by atoms with van der Waals surface area (Å²) in [6, 6.07) is 9.96. The van der Waals surface area contributed by atoms with Crippen LogP contribution in [0.25, 0.3) is 27.9 Å². The SMILES string of the molecule is CC(=O)N1CCCC(Cc2nc(-c3ccc(C(C)(C)O)cc3)c3cnc4[nH]ccc4n23)C1. The van der Waals surface area contributed by atoms with Gasteiger partial charge in [-0.3, -0.25) is 9.20 Å². The molecule has 2 N–H and O–H groups in total. The molecule has 1 fully saturated rings. The summed E-state index contributed by atoms with van der Waals surface area (Å²) in [7, 11) is 0. The summed E-state index contributed by atoms with van der Waals surface area (Å²) in [5.74, 6) is 1.52. The third-order valence-electron chi connectivity index (χ3n) is 6.54. The number of aromatic amines is 1. The highest BCUT2D eigenvalue weighted by atomic mass is 16.3. The minimum Gasteiger partial charge on any atom is -0.386 e. The van der Waals surface area contributed by atoms with Crippen LogP contribution in [0.15, 0.2) is 42.7 Å². The number of aromatic nitrogens is 4. The Kier molecular flexibility index (Phi) is 5.01. The zero-order chi connectivity index (χ0) is 22.5. The highest BCUT2D eigenvalue weighted by Gasteiger charge is 2.25. The molecule has 1 saturated heterocycles. The van der Waals surface area contributed by atoms with Gasteiger partial charge < -0.3 is 15.0 Å². The monoisotopic (exact) mass is 431 g/mol. The normalized spacial score (nSPS) is 17.4. The van der Waals surface area contributed by atoms with Crippen molar-refractivity contribution < 1.29 is 9.90 Å². The van der Waals surface area contributed by atoms with Gasteiger partial charge in [0.2, 0.25) is 5.91 Å². The van der Waals surface area contributed by atoms with Crippen LogP contribution in [0.1, 0.15) is 45.0 Å². The number of aliphatic hydroxyl groups is 1. The Morgan fingerprint density at radius 2 is 2.00 bits per heavy atom. The highest BCUT2D eigenvalue weighted by Crippen LogP contribution is 2.31. The lowest BCUT2D eigenvalue weighted by molar-refractivity contribution is -0.130. The second-order valence-electron chi connectivity index (χ2n) is 9.38. The number of carbonyl (C=O) groups excluding carboxylic acids is 1. The van der Waals surface area contributed by atoms with Crippen LogP contribution in [0.5, 0.6) is 0 Å². The predicted octanol–water partition coefficient (Wildman–Crippen LogP) is 3.91. The lowest BCUT2D eigenvalue weighted by atomic mass is 9.94. The van der Waals surface area contributed by atoms with Crippen molar-refractivity contribution in [1.29, 1.82) is 0 Å². The van der Waals surface area contributed by atoms with Gasteiger partial charge in [-0.05, 0) is 44.2 Å². The van der Waals surface area contributed by atoms with Gasteiger partial charge in [-0.25, -0.2) is 9.97 Å². The topological polar surface area (TPSA) is 86.5 Å². The van der Waals surface area contributed by atoms with Crippen molar-refractivity contribution in [2.24, 2.45) is 5.92 Å². The smallest absolute Gasteiger partial charge is 0.219 e. The standard InChI is InChI=1S/C25H29N5O2/c1-16(31)29-12-4-5-17(15-29)13-22-28-23(18-6-8-19(9-7-18)25(2,3)32)21-14-27-24-20(30(21)22)10-11-26-24/h6-11,14,17,26,32H,4-5,12-13,15H2,1-3H3. The van der Waals surface area contributed by atoms with E-state index < -0.39 is 5.60 Å². The zero-order valence-electron chi connectivity index (χ0n) is 18.8. The van der Waals surface area contributed by atoms with Gasteiger partial charge in [0.05, 0.1) is 28.5 Å². The summed E-state index contributed by atoms with van der Waals surface area (Å²) >= 11 is 0. The second-order valence-corrected chi connectivity index (χ2v) is 9.38. The van der Waals surface area contributed by atoms with Crippen molar-refractivity contribution >= 4 is 22.6 Å². The first-order valence-corrected chi connectivity index (χ1v) is 11.2. The minimum atomic E-state index is -0.887. The van der Waals surface area contributed by atoms with Gasteiger partial charge in [-0.2, -0.15) is 0 Å². The van der Waals surface area contributed by atoms with Crippen molar-refractivity contribution in [3.63, 3.8) is 0 Å². The van der Waals surface area contributed by atoms with Crippen LogP contribution in [0.4, 0.5) is 0 Å². The van der Waals surface area contributed by atoms with E-state index in [0.717, 1.165) is 71.7 Å². The van der Waals surface area contributed by atoms with E-state index in [1.54, 1.807) is 20.8 Å². The summed E-state index contributed by atoms with van der Waals surface area (Å²) in [6.07, 6.45) is 6.70. The molecular weight excluding hydrogens is 402 g/mol. The van der Waals surface area contributed by atoms with Crippen molar-refractivity contribution in [3.05, 3.63) is 54.1 Å². The van der Waals surface area contributed by atoms with Crippen molar-refractivity contribution in [2.45, 2.75) is 45.6 Å². The maximum absolute atomic E-state index is 11.9. The van der Waals surface area contributed by atoms with E-state index >= 15 is 0 Å². The Labute approximate surface area is 187 Å². The maximum atomic E-state index is 11.9. The minimum absolute atomic E-state index is 0.146. The molecule has 4 heterocycles. The van der Waals surface area contributed by atoms with E-state index in [0.29, 0.717) is 5.92 Å². The van der Waals surface area contributed by atoms with Crippen LogP contribution in [0, 0.1) is 5.92 Å². The molecule has 0 spiro atoms. The molecule has 7 heteroatoms. The Bertz CT molecular complexity index is 1280. The number of imidazole rings is 1. The van der Waals surface area contributed by atoms with Gasteiger partial charge in [-0.1, -0.05) is 24.3 Å². The molecule has 5 rings (SSSR count). The van der Waals surface area contributed by atoms with Crippen molar-refractivity contribution in [2.75, 3.05) is 13.1 Å². The number of carbonyl (C=O) groups is 1. The fourth-order valence-corrected chi connectivity index (χ4v) is 4.79. The highest BCUT2D eigenvalue weighted by molar-refractivity contribution is 5.84. The Balaban J connectivity index is 1.58. The third kappa shape index (κ3) is 3.66. The lowest BCUT2D eigenvalue weighted by Gasteiger charge is -2.31. The molecular formula is C25H29N5O2. The van der Waals surface area contributed by atoms with Gasteiger partial charge in [0.25, 0.3) is 0 Å². The molecule has 0 saturated carbocycles. The summed E-state index contributed by atoms with van der Waals surface area (Å²) in [5.41, 5.74) is 4.65. The molecule has 166 valence electrons. The molecule has 4 aromatic rings. The van der Waals surface area contributed by atoms with Crippen LogP contribution in [0.2, 0.25) is 0 Å². The van der Waals surface area contributed by atoms with Gasteiger partial charge in [0.1, 0.15) is 5.82 Å². The average Bonchev–Trinajstić information content (AvgIpc) is 3.38. The van der Waals surface area contributed by atoms with Crippen molar-refractivity contribution in [3.8, 4) is 11.3 Å². The second kappa shape index (κ2) is 7.74. The number of hydrogen-bond acceptors (Lipinski definition) is 4. The number of nitrogens with one attached hydrogen (secondary N) is 1. The number of likely N-dealkylation sites (tertiary alicyclic amines) is 1. The largest absolute Gasteiger partial charge is 0.386 e. The molecule has 0 bridgehead atoms. The number of amides is 1. The Morgan fingerprint density at radius 1 is 1.22 bits per heavy atom. The number of rotatable bonds is 4. The van der Waals surface area contributed by atoms with Crippen LogP contribution in [0.3, 0.4) is 0 Å². The van der Waals surface area contributed by atoms with E-state index in [2.05, 4.69) is 14.4 Å². The number of nitrogens with zero attached hydrogens (tertiary/aromatic N) is 4. The molecule has 32 heavy (non-hydrogen) atoms. The quantitative estimate of drug-likeness (QED) is 0.513. The first-order chi connectivity index (χ1) is 15.3. The third-order valence-corrected chi connectivity index (χ3v) is 6.54. The molecule has 0 radical (unpaired) electrons. The fraction of sp³-hybridized carbons (Fsp3) is 0.400. The molecule has 1 aliphatic rings. The molecule has 0 aliphatic carbocycles. The van der Waals surface area contributed by atoms with Crippen molar-refractivity contribution in [1.82, 2.24) is 24.3 Å². The van der Waals surface area contributed by atoms with Gasteiger partial charge in [0, 0.05) is 38.2 Å². The number of benzene rings is 1. The van der Waals surface area contributed by atoms with Crippen LogP contribution < -0.4 is 0 Å². The predicted molar refractivity (Wildman–Crippen MR) is 124 cm³/mol. The van der Waals surface area contributed by atoms with E-state index in [-0.39, 0.29) is 5.91 Å². The van der Waals surface area contributed by atoms with Gasteiger partial charge in [-0.15, -0.1) is 0 Å². The zero-order valence-corrected chi connectivity index (χ0v) is 18.8. The number of piperidine rings is 1. The van der Waals surface area contributed by atoms with E-state index in [1.807, 2.05) is 47.6 Å². The molecule has 1 aromatic carbocycles. The van der Waals surface area contributed by atoms with E-state index in [4.69, 9.17) is 4.98 Å². The van der Waals surface area contributed by atoms with Gasteiger partial charge >= 0.3 is 0 Å². The number of fused-ring (bicyclic) bond motifs is 3.